The maximum atomic E-state index is 12.2. The van der Waals surface area contributed by atoms with Crippen molar-refractivity contribution < 1.29 is 13.5 Å². The average molecular weight is 292 g/mol. The van der Waals surface area contributed by atoms with E-state index in [0.29, 0.717) is 16.9 Å². The van der Waals surface area contributed by atoms with Crippen LogP contribution >= 0.6 is 0 Å². The minimum absolute atomic E-state index is 0.0818. The molecule has 0 bridgehead atoms. The Morgan fingerprint density at radius 1 is 1.15 bits per heavy atom. The Morgan fingerprint density at radius 3 is 2.35 bits per heavy atom. The molecule has 2 aromatic rings. The molecule has 0 aromatic heterocycles. The lowest BCUT2D eigenvalue weighted by atomic mass is 10.2. The van der Waals surface area contributed by atoms with Crippen LogP contribution in [0.2, 0.25) is 0 Å². The van der Waals surface area contributed by atoms with Gasteiger partial charge in [0.1, 0.15) is 0 Å². The van der Waals surface area contributed by atoms with Crippen molar-refractivity contribution in [2.45, 2.75) is 18.4 Å². The van der Waals surface area contributed by atoms with E-state index in [9.17, 15) is 8.42 Å². The number of aliphatic hydroxyl groups excluding tert-OH is 1. The van der Waals surface area contributed by atoms with E-state index in [2.05, 4.69) is 4.72 Å². The van der Waals surface area contributed by atoms with Crippen molar-refractivity contribution in [3.05, 3.63) is 53.6 Å². The molecule has 0 heterocycles. The lowest BCUT2D eigenvalue weighted by Crippen LogP contribution is -2.13. The Labute approximate surface area is 118 Å². The summed E-state index contributed by atoms with van der Waals surface area (Å²) in [6.45, 7) is 1.73. The van der Waals surface area contributed by atoms with E-state index in [1.54, 1.807) is 30.3 Å². The van der Waals surface area contributed by atoms with Crippen molar-refractivity contribution in [2.75, 3.05) is 10.5 Å². The van der Waals surface area contributed by atoms with Crippen LogP contribution in [0.3, 0.4) is 0 Å². The van der Waals surface area contributed by atoms with Crippen LogP contribution in [0.1, 0.15) is 11.1 Å². The van der Waals surface area contributed by atoms with Crippen LogP contribution in [0.4, 0.5) is 11.4 Å². The highest BCUT2D eigenvalue weighted by molar-refractivity contribution is 7.92. The molecule has 0 saturated heterocycles. The Balaban J connectivity index is 2.27. The van der Waals surface area contributed by atoms with Gasteiger partial charge in [0.05, 0.1) is 11.5 Å². The number of aryl methyl sites for hydroxylation is 1. The van der Waals surface area contributed by atoms with Crippen LogP contribution < -0.4 is 10.5 Å². The second-order valence-corrected chi connectivity index (χ2v) is 6.16. The van der Waals surface area contributed by atoms with Gasteiger partial charge in [-0.15, -0.1) is 0 Å². The zero-order valence-electron chi connectivity index (χ0n) is 11.0. The van der Waals surface area contributed by atoms with Crippen molar-refractivity contribution in [3.63, 3.8) is 0 Å². The quantitative estimate of drug-likeness (QED) is 0.750. The van der Waals surface area contributed by atoms with E-state index in [1.165, 1.54) is 12.1 Å². The third-order valence-electron chi connectivity index (χ3n) is 2.95. The standard InChI is InChI=1S/C14H16N2O3S/c1-10-2-7-13(8-14(10)15)20(18,19)16-12-5-3-11(9-17)4-6-12/h2-8,16-17H,9,15H2,1H3. The van der Waals surface area contributed by atoms with E-state index in [-0.39, 0.29) is 11.5 Å². The lowest BCUT2D eigenvalue weighted by Gasteiger charge is -2.10. The van der Waals surface area contributed by atoms with Crippen molar-refractivity contribution in [1.29, 1.82) is 0 Å². The van der Waals surface area contributed by atoms with Crippen molar-refractivity contribution >= 4 is 21.4 Å². The SMILES string of the molecule is Cc1ccc(S(=O)(=O)Nc2ccc(CO)cc2)cc1N. The van der Waals surface area contributed by atoms with Gasteiger partial charge in [-0.05, 0) is 42.3 Å². The van der Waals surface area contributed by atoms with Crippen molar-refractivity contribution in [1.82, 2.24) is 0 Å². The summed E-state index contributed by atoms with van der Waals surface area (Å²) < 4.78 is 26.9. The number of nitrogen functional groups attached to an aromatic ring is 1. The van der Waals surface area contributed by atoms with Gasteiger partial charge in [0, 0.05) is 11.4 Å². The van der Waals surface area contributed by atoms with E-state index in [0.717, 1.165) is 5.56 Å². The van der Waals surface area contributed by atoms with Gasteiger partial charge in [-0.25, -0.2) is 8.42 Å². The summed E-state index contributed by atoms with van der Waals surface area (Å²) in [4.78, 5) is 0.117. The molecule has 0 fully saturated rings. The summed E-state index contributed by atoms with van der Waals surface area (Å²) >= 11 is 0. The van der Waals surface area contributed by atoms with E-state index in [4.69, 9.17) is 10.8 Å². The summed E-state index contributed by atoms with van der Waals surface area (Å²) in [5, 5.41) is 8.94. The third kappa shape index (κ3) is 3.09. The summed E-state index contributed by atoms with van der Waals surface area (Å²) in [5.74, 6) is 0. The molecule has 0 spiro atoms. The van der Waals surface area contributed by atoms with Crippen LogP contribution in [-0.2, 0) is 16.6 Å². The molecular weight excluding hydrogens is 276 g/mol. The molecule has 2 rings (SSSR count). The minimum Gasteiger partial charge on any atom is -0.398 e. The van der Waals surface area contributed by atoms with Gasteiger partial charge in [-0.2, -0.15) is 0 Å². The smallest absolute Gasteiger partial charge is 0.261 e. The molecule has 0 atom stereocenters. The fraction of sp³-hybridized carbons (Fsp3) is 0.143. The molecule has 2 aromatic carbocycles. The molecular formula is C14H16N2O3S. The van der Waals surface area contributed by atoms with E-state index < -0.39 is 10.0 Å². The second-order valence-electron chi connectivity index (χ2n) is 4.48. The van der Waals surface area contributed by atoms with Gasteiger partial charge in [-0.1, -0.05) is 18.2 Å². The predicted octanol–water partition coefficient (Wildman–Crippen LogP) is 1.87. The molecule has 6 heteroatoms. The number of hydrogen-bond acceptors (Lipinski definition) is 4. The molecule has 0 radical (unpaired) electrons. The van der Waals surface area contributed by atoms with E-state index in [1.807, 2.05) is 6.92 Å². The third-order valence-corrected chi connectivity index (χ3v) is 4.33. The first-order valence-electron chi connectivity index (χ1n) is 6.01. The fourth-order valence-electron chi connectivity index (χ4n) is 1.68. The summed E-state index contributed by atoms with van der Waals surface area (Å²) in [6.07, 6.45) is 0. The highest BCUT2D eigenvalue weighted by atomic mass is 32.2. The van der Waals surface area contributed by atoms with Gasteiger partial charge >= 0.3 is 0 Å². The highest BCUT2D eigenvalue weighted by Crippen LogP contribution is 2.20. The minimum atomic E-state index is -3.66. The van der Waals surface area contributed by atoms with Crippen LogP contribution in [0.25, 0.3) is 0 Å². The number of hydrogen-bond donors (Lipinski definition) is 3. The first-order valence-corrected chi connectivity index (χ1v) is 7.49. The van der Waals surface area contributed by atoms with E-state index >= 15 is 0 Å². The summed E-state index contributed by atoms with van der Waals surface area (Å²) in [6, 6.07) is 11.1. The number of nitrogens with two attached hydrogens (primary N) is 1. The van der Waals surface area contributed by atoms with Gasteiger partial charge in [0.2, 0.25) is 0 Å². The van der Waals surface area contributed by atoms with Gasteiger partial charge < -0.3 is 10.8 Å². The highest BCUT2D eigenvalue weighted by Gasteiger charge is 2.14. The maximum Gasteiger partial charge on any atom is 0.261 e. The van der Waals surface area contributed by atoms with Crippen LogP contribution in [0.15, 0.2) is 47.4 Å². The van der Waals surface area contributed by atoms with Crippen molar-refractivity contribution in [3.8, 4) is 0 Å². The zero-order valence-corrected chi connectivity index (χ0v) is 11.8. The first kappa shape index (κ1) is 14.4. The Morgan fingerprint density at radius 2 is 1.80 bits per heavy atom. The lowest BCUT2D eigenvalue weighted by molar-refractivity contribution is 0.282. The number of aliphatic hydroxyl groups is 1. The number of nitrogens with one attached hydrogen (secondary N) is 1. The largest absolute Gasteiger partial charge is 0.398 e. The number of anilines is 2. The molecule has 106 valence electrons. The topological polar surface area (TPSA) is 92.4 Å². The Bertz CT molecular complexity index is 710. The van der Waals surface area contributed by atoms with Gasteiger partial charge in [0.15, 0.2) is 0 Å². The molecule has 4 N–H and O–H groups in total. The molecule has 0 aliphatic rings. The maximum absolute atomic E-state index is 12.2. The Kier molecular flexibility index (Phi) is 3.96. The number of sulfonamides is 1. The Hall–Kier alpha value is -2.05. The molecule has 0 aliphatic heterocycles. The zero-order chi connectivity index (χ0) is 14.8. The van der Waals surface area contributed by atoms with Gasteiger partial charge in [0.25, 0.3) is 10.0 Å². The summed E-state index contributed by atoms with van der Waals surface area (Å²) in [7, 11) is -3.66. The second kappa shape index (κ2) is 5.52. The number of rotatable bonds is 4. The summed E-state index contributed by atoms with van der Waals surface area (Å²) in [5.41, 5.74) is 8.14. The van der Waals surface area contributed by atoms with Gasteiger partial charge in [-0.3, -0.25) is 4.72 Å². The molecule has 0 amide bonds. The normalized spacial score (nSPS) is 11.3. The molecule has 20 heavy (non-hydrogen) atoms. The van der Waals surface area contributed by atoms with Crippen molar-refractivity contribution in [2.24, 2.45) is 0 Å². The fourth-order valence-corrected chi connectivity index (χ4v) is 2.77. The first-order chi connectivity index (χ1) is 9.42. The molecule has 0 aliphatic carbocycles. The molecule has 5 nitrogen and oxygen atoms in total. The number of benzene rings is 2. The average Bonchev–Trinajstić information content (AvgIpc) is 2.42. The van der Waals surface area contributed by atoms with Crippen LogP contribution in [0.5, 0.6) is 0 Å². The molecule has 0 unspecified atom stereocenters. The van der Waals surface area contributed by atoms with Crippen LogP contribution in [0, 0.1) is 6.92 Å². The molecule has 0 saturated carbocycles. The monoisotopic (exact) mass is 292 g/mol. The van der Waals surface area contributed by atoms with Crippen LogP contribution in [-0.4, -0.2) is 13.5 Å². The predicted molar refractivity (Wildman–Crippen MR) is 78.8 cm³/mol.